The van der Waals surface area contributed by atoms with Crippen LogP contribution in [-0.2, 0) is 17.9 Å². The molecule has 0 radical (unpaired) electrons. The van der Waals surface area contributed by atoms with Crippen LogP contribution in [0.1, 0.15) is 10.4 Å². The smallest absolute Gasteiger partial charge is 0.269 e. The first-order chi connectivity index (χ1) is 15.9. The van der Waals surface area contributed by atoms with Crippen LogP contribution in [0.3, 0.4) is 0 Å². The number of benzene rings is 2. The Hall–Kier alpha value is -3.14. The van der Waals surface area contributed by atoms with E-state index in [-0.39, 0.29) is 18.1 Å². The molecule has 2 aromatic carbocycles. The van der Waals surface area contributed by atoms with Crippen molar-refractivity contribution >= 4 is 40.2 Å². The molecule has 0 spiro atoms. The summed E-state index contributed by atoms with van der Waals surface area (Å²) in [7, 11) is 1.78. The van der Waals surface area contributed by atoms with E-state index in [4.69, 9.17) is 21.1 Å². The van der Waals surface area contributed by atoms with Crippen molar-refractivity contribution in [2.45, 2.75) is 13.1 Å². The van der Waals surface area contributed by atoms with Gasteiger partial charge in [-0.3, -0.25) is 19.8 Å². The number of rotatable bonds is 8. The lowest BCUT2D eigenvalue weighted by atomic mass is 10.2. The molecule has 2 heterocycles. The summed E-state index contributed by atoms with van der Waals surface area (Å²) >= 11 is 7.81. The van der Waals surface area contributed by atoms with Gasteiger partial charge in [-0.1, -0.05) is 17.7 Å². The van der Waals surface area contributed by atoms with Gasteiger partial charge in [0.1, 0.15) is 13.2 Å². The van der Waals surface area contributed by atoms with Crippen molar-refractivity contribution in [1.29, 1.82) is 0 Å². The normalized spacial score (nSPS) is 12.6. The number of anilines is 1. The summed E-state index contributed by atoms with van der Waals surface area (Å²) < 4.78 is 11.3. The monoisotopic (exact) mass is 487 g/mol. The quantitative estimate of drug-likeness (QED) is 0.337. The van der Waals surface area contributed by atoms with Crippen LogP contribution in [0.4, 0.5) is 11.4 Å². The molecule has 0 atom stereocenters. The van der Waals surface area contributed by atoms with E-state index in [1.807, 2.05) is 35.7 Å². The van der Waals surface area contributed by atoms with Crippen molar-refractivity contribution in [3.8, 4) is 11.5 Å². The number of nitrogens with zero attached hydrogens (tertiary/aromatic N) is 3. The topological polar surface area (TPSA) is 85.2 Å². The maximum absolute atomic E-state index is 13.4. The van der Waals surface area contributed by atoms with Crippen LogP contribution in [0, 0.1) is 10.1 Å². The molecular formula is C23H22ClN3O5S. The maximum Gasteiger partial charge on any atom is 0.269 e. The number of amides is 1. The Morgan fingerprint density at radius 3 is 2.64 bits per heavy atom. The molecule has 0 saturated carbocycles. The Labute approximate surface area is 200 Å². The number of halogens is 1. The van der Waals surface area contributed by atoms with E-state index in [0.29, 0.717) is 54.1 Å². The van der Waals surface area contributed by atoms with Crippen LogP contribution in [0.15, 0.2) is 53.9 Å². The minimum atomic E-state index is -0.463. The second kappa shape index (κ2) is 10.2. The van der Waals surface area contributed by atoms with Crippen molar-refractivity contribution < 1.29 is 19.2 Å². The molecule has 0 unspecified atom stereocenters. The number of non-ortho nitro benzene ring substituents is 1. The zero-order valence-corrected chi connectivity index (χ0v) is 19.5. The number of ether oxygens (including phenoxy) is 2. The van der Waals surface area contributed by atoms with E-state index >= 15 is 0 Å². The Morgan fingerprint density at radius 1 is 1.12 bits per heavy atom. The molecule has 0 bridgehead atoms. The van der Waals surface area contributed by atoms with Crippen molar-refractivity contribution in [3.63, 3.8) is 0 Å². The molecule has 1 amide bonds. The number of hydrogen-bond donors (Lipinski definition) is 0. The van der Waals surface area contributed by atoms with Crippen LogP contribution >= 0.6 is 22.9 Å². The summed E-state index contributed by atoms with van der Waals surface area (Å²) in [5, 5.41) is 13.5. The van der Waals surface area contributed by atoms with Gasteiger partial charge in [0.05, 0.1) is 18.0 Å². The molecule has 1 aliphatic rings. The van der Waals surface area contributed by atoms with Crippen LogP contribution in [0.25, 0.3) is 0 Å². The predicted octanol–water partition coefficient (Wildman–Crippen LogP) is 4.75. The lowest BCUT2D eigenvalue weighted by molar-refractivity contribution is -0.384. The number of nitro benzene ring substituents is 1. The molecule has 0 saturated heterocycles. The summed E-state index contributed by atoms with van der Waals surface area (Å²) in [6.07, 6.45) is 0. The van der Waals surface area contributed by atoms with E-state index in [1.165, 1.54) is 18.2 Å². The minimum Gasteiger partial charge on any atom is -0.486 e. The van der Waals surface area contributed by atoms with Crippen LogP contribution < -0.4 is 14.4 Å². The van der Waals surface area contributed by atoms with Gasteiger partial charge >= 0.3 is 0 Å². The third-order valence-electron chi connectivity index (χ3n) is 5.12. The lowest BCUT2D eigenvalue weighted by Crippen LogP contribution is -2.38. The molecule has 1 aliphatic heterocycles. The fourth-order valence-corrected chi connectivity index (χ4v) is 4.41. The van der Waals surface area contributed by atoms with Gasteiger partial charge in [0.25, 0.3) is 5.69 Å². The standard InChI is InChI=1S/C23H22ClN3O5S/c1-25(13-16-11-18(27(29)30)4-6-20(16)24)15-23(28)26(14-19-3-2-10-33-19)17-5-7-21-22(12-17)32-9-8-31-21/h2-7,10-12H,8-9,13-15H2,1H3. The van der Waals surface area contributed by atoms with Crippen LogP contribution in [0.2, 0.25) is 5.02 Å². The van der Waals surface area contributed by atoms with Crippen molar-refractivity contribution in [2.75, 3.05) is 31.7 Å². The molecular weight excluding hydrogens is 466 g/mol. The second-order valence-electron chi connectivity index (χ2n) is 7.59. The zero-order chi connectivity index (χ0) is 23.4. The highest BCUT2D eigenvalue weighted by atomic mass is 35.5. The molecule has 10 heteroatoms. The van der Waals surface area contributed by atoms with E-state index in [9.17, 15) is 14.9 Å². The van der Waals surface area contributed by atoms with Gasteiger partial charge in [0, 0.05) is 40.3 Å². The number of fused-ring (bicyclic) bond motifs is 1. The fourth-order valence-electron chi connectivity index (χ4n) is 3.54. The average molecular weight is 488 g/mol. The summed E-state index contributed by atoms with van der Waals surface area (Å²) in [6, 6.07) is 13.7. The van der Waals surface area contributed by atoms with E-state index in [1.54, 1.807) is 28.2 Å². The highest BCUT2D eigenvalue weighted by Gasteiger charge is 2.22. The number of likely N-dealkylation sites (N-methyl/N-ethyl adjacent to an activating group) is 1. The maximum atomic E-state index is 13.4. The molecule has 1 aromatic heterocycles. The van der Waals surface area contributed by atoms with E-state index < -0.39 is 4.92 Å². The molecule has 3 aromatic rings. The number of thiophene rings is 1. The van der Waals surface area contributed by atoms with Crippen LogP contribution in [0.5, 0.6) is 11.5 Å². The van der Waals surface area contributed by atoms with Gasteiger partial charge in [-0.25, -0.2) is 0 Å². The fraction of sp³-hybridized carbons (Fsp3) is 0.261. The largest absolute Gasteiger partial charge is 0.486 e. The summed E-state index contributed by atoms with van der Waals surface area (Å²) in [6.45, 7) is 1.76. The Bertz CT molecular complexity index is 1160. The van der Waals surface area contributed by atoms with Crippen molar-refractivity contribution in [2.24, 2.45) is 0 Å². The molecule has 33 heavy (non-hydrogen) atoms. The van der Waals surface area contributed by atoms with Crippen molar-refractivity contribution in [1.82, 2.24) is 4.90 Å². The van der Waals surface area contributed by atoms with E-state index in [2.05, 4.69) is 0 Å². The molecule has 172 valence electrons. The van der Waals surface area contributed by atoms with Gasteiger partial charge in [0.15, 0.2) is 11.5 Å². The summed E-state index contributed by atoms with van der Waals surface area (Å²) in [4.78, 5) is 28.5. The minimum absolute atomic E-state index is 0.0373. The third kappa shape index (κ3) is 5.62. The first kappa shape index (κ1) is 23.0. The number of hydrogen-bond acceptors (Lipinski definition) is 7. The third-order valence-corrected chi connectivity index (χ3v) is 6.35. The molecule has 4 rings (SSSR count). The average Bonchev–Trinajstić information content (AvgIpc) is 3.31. The highest BCUT2D eigenvalue weighted by Crippen LogP contribution is 2.35. The molecule has 0 aliphatic carbocycles. The molecule has 0 fully saturated rings. The van der Waals surface area contributed by atoms with Gasteiger partial charge in [0.2, 0.25) is 5.91 Å². The van der Waals surface area contributed by atoms with Crippen LogP contribution in [-0.4, -0.2) is 42.5 Å². The second-order valence-corrected chi connectivity index (χ2v) is 9.03. The van der Waals surface area contributed by atoms with Crippen molar-refractivity contribution in [3.05, 3.63) is 79.5 Å². The van der Waals surface area contributed by atoms with E-state index in [0.717, 1.165) is 4.88 Å². The van der Waals surface area contributed by atoms with Gasteiger partial charge < -0.3 is 14.4 Å². The molecule has 8 nitrogen and oxygen atoms in total. The SMILES string of the molecule is CN(CC(=O)N(Cc1cccs1)c1ccc2c(c1)OCCO2)Cc1cc([N+](=O)[O-])ccc1Cl. The Balaban J connectivity index is 1.53. The summed E-state index contributed by atoms with van der Waals surface area (Å²) in [5.74, 6) is 1.15. The number of carbonyl (C=O) groups is 1. The highest BCUT2D eigenvalue weighted by molar-refractivity contribution is 7.09. The van der Waals surface area contributed by atoms with Gasteiger partial charge in [-0.05, 0) is 42.3 Å². The predicted molar refractivity (Wildman–Crippen MR) is 127 cm³/mol. The zero-order valence-electron chi connectivity index (χ0n) is 17.9. The van der Waals surface area contributed by atoms with Gasteiger partial charge in [-0.2, -0.15) is 0 Å². The first-order valence-corrected chi connectivity index (χ1v) is 11.5. The molecule has 0 N–H and O–H groups in total. The van der Waals surface area contributed by atoms with Gasteiger partial charge in [-0.15, -0.1) is 11.3 Å². The number of nitro groups is 1. The Morgan fingerprint density at radius 2 is 1.91 bits per heavy atom. The first-order valence-electron chi connectivity index (χ1n) is 10.2. The lowest BCUT2D eigenvalue weighted by Gasteiger charge is -2.27. The summed E-state index contributed by atoms with van der Waals surface area (Å²) in [5.41, 5.74) is 1.26. The number of carbonyl (C=O) groups excluding carboxylic acids is 1. The Kier molecular flexibility index (Phi) is 7.12.